The zero-order valence-corrected chi connectivity index (χ0v) is 16.7. The van der Waals surface area contributed by atoms with Gasteiger partial charge < -0.3 is 14.8 Å². The Morgan fingerprint density at radius 1 is 1.21 bits per heavy atom. The first-order chi connectivity index (χ1) is 14.1. The van der Waals surface area contributed by atoms with E-state index < -0.39 is 5.30 Å². The molecule has 6 nitrogen and oxygen atoms in total. The van der Waals surface area contributed by atoms with E-state index in [-0.39, 0.29) is 30.6 Å². The summed E-state index contributed by atoms with van der Waals surface area (Å²) in [7, 11) is 1.58. The second-order valence-electron chi connectivity index (χ2n) is 6.40. The highest BCUT2D eigenvalue weighted by Crippen LogP contribution is 2.34. The fourth-order valence-electron chi connectivity index (χ4n) is 3.05. The first-order valence-corrected chi connectivity index (χ1v) is 9.99. The molecule has 0 aliphatic carbocycles. The minimum atomic E-state index is -0.459. The lowest BCUT2D eigenvalue weighted by atomic mass is 9.85. The molecule has 0 bridgehead atoms. The lowest BCUT2D eigenvalue weighted by Crippen LogP contribution is -2.33. The largest absolute Gasteiger partial charge is 0.497 e. The van der Waals surface area contributed by atoms with Gasteiger partial charge >= 0.3 is 5.30 Å². The van der Waals surface area contributed by atoms with E-state index in [0.29, 0.717) is 17.0 Å². The summed E-state index contributed by atoms with van der Waals surface area (Å²) in [5, 5.41) is 12.0. The highest BCUT2D eigenvalue weighted by Gasteiger charge is 2.29. The first-order valence-electron chi connectivity index (χ1n) is 9.01. The van der Waals surface area contributed by atoms with Crippen LogP contribution < -0.4 is 10.1 Å². The van der Waals surface area contributed by atoms with Crippen molar-refractivity contribution in [3.05, 3.63) is 77.0 Å². The Morgan fingerprint density at radius 2 is 1.93 bits per heavy atom. The van der Waals surface area contributed by atoms with Gasteiger partial charge in [-0.3, -0.25) is 4.79 Å². The second-order valence-corrected chi connectivity index (χ2v) is 7.31. The molecule has 1 amide bonds. The van der Waals surface area contributed by atoms with Crippen molar-refractivity contribution >= 4 is 23.0 Å². The molecule has 29 heavy (non-hydrogen) atoms. The van der Waals surface area contributed by atoms with E-state index in [4.69, 9.17) is 9.47 Å². The average molecular weight is 408 g/mol. The monoisotopic (exact) mass is 408 g/mol. The molecule has 0 fully saturated rings. The molecule has 1 aliphatic heterocycles. The summed E-state index contributed by atoms with van der Waals surface area (Å²) >= 11 is 0.922. The number of methoxy groups -OCH3 is 1. The van der Waals surface area contributed by atoms with Gasteiger partial charge in [0.15, 0.2) is 0 Å². The number of benzene rings is 2. The topological polar surface area (TPSA) is 88.4 Å². The molecule has 0 saturated carbocycles. The number of hydrogen-bond acceptors (Lipinski definition) is 6. The third kappa shape index (κ3) is 5.39. The molecular weight excluding hydrogens is 388 g/mol. The number of carbonyl (C=O) groups excluding carboxylic acids is 2. The van der Waals surface area contributed by atoms with Crippen LogP contribution in [-0.4, -0.2) is 24.1 Å². The van der Waals surface area contributed by atoms with Crippen LogP contribution >= 0.6 is 11.8 Å². The van der Waals surface area contributed by atoms with Crippen molar-refractivity contribution in [2.24, 2.45) is 0 Å². The molecule has 1 atom stereocenters. The number of carbonyl (C=O) groups is 2. The number of nitrogens with one attached hydrogen (secondary N) is 1. The third-order valence-electron chi connectivity index (χ3n) is 4.53. The Hall–Kier alpha value is -3.24. The summed E-state index contributed by atoms with van der Waals surface area (Å²) in [6.45, 7) is 0.178. The standard InChI is InChI=1S/C22H20N2O4S/c1-27-17-9-7-16(8-10-17)18-11-21(25)24-20(19(18)12-23)14-29-22(26)28-13-15-5-3-2-4-6-15/h2-10,18H,11,13-14H2,1H3,(H,24,25). The summed E-state index contributed by atoms with van der Waals surface area (Å²) in [6, 6.07) is 18.9. The van der Waals surface area contributed by atoms with E-state index in [1.165, 1.54) is 0 Å². The number of amides is 1. The van der Waals surface area contributed by atoms with Crippen LogP contribution in [0, 0.1) is 11.3 Å². The summed E-state index contributed by atoms with van der Waals surface area (Å²) in [5.41, 5.74) is 2.65. The summed E-state index contributed by atoms with van der Waals surface area (Å²) in [6.07, 6.45) is 0.182. The van der Waals surface area contributed by atoms with Gasteiger partial charge in [-0.15, -0.1) is 0 Å². The van der Waals surface area contributed by atoms with Gasteiger partial charge in [-0.05, 0) is 35.0 Å². The van der Waals surface area contributed by atoms with Crippen LogP contribution in [0.5, 0.6) is 5.75 Å². The highest BCUT2D eigenvalue weighted by molar-refractivity contribution is 8.13. The summed E-state index contributed by atoms with van der Waals surface area (Å²) < 4.78 is 10.4. The maximum atomic E-state index is 12.2. The van der Waals surface area contributed by atoms with E-state index in [0.717, 1.165) is 22.9 Å². The predicted molar refractivity (Wildman–Crippen MR) is 110 cm³/mol. The maximum Gasteiger partial charge on any atom is 0.368 e. The van der Waals surface area contributed by atoms with Crippen molar-refractivity contribution < 1.29 is 19.1 Å². The zero-order valence-electron chi connectivity index (χ0n) is 15.9. The number of hydrogen-bond donors (Lipinski definition) is 1. The van der Waals surface area contributed by atoms with Gasteiger partial charge in [0.1, 0.15) is 12.4 Å². The van der Waals surface area contributed by atoms with Crippen molar-refractivity contribution in [2.45, 2.75) is 18.9 Å². The van der Waals surface area contributed by atoms with Crippen molar-refractivity contribution in [2.75, 3.05) is 12.9 Å². The molecule has 148 valence electrons. The van der Waals surface area contributed by atoms with Crippen molar-refractivity contribution in [1.82, 2.24) is 5.32 Å². The van der Waals surface area contributed by atoms with E-state index in [1.807, 2.05) is 42.5 Å². The molecular formula is C22H20N2O4S. The molecule has 3 rings (SSSR count). The van der Waals surface area contributed by atoms with Gasteiger partial charge in [0.2, 0.25) is 5.91 Å². The van der Waals surface area contributed by atoms with Crippen LogP contribution in [0.4, 0.5) is 4.79 Å². The van der Waals surface area contributed by atoms with Crippen LogP contribution in [0.25, 0.3) is 0 Å². The Balaban J connectivity index is 1.68. The lowest BCUT2D eigenvalue weighted by Gasteiger charge is -2.25. The molecule has 7 heteroatoms. The van der Waals surface area contributed by atoms with Gasteiger partial charge in [-0.1, -0.05) is 42.5 Å². The second kappa shape index (κ2) is 9.80. The fraction of sp³-hybridized carbons (Fsp3) is 0.227. The quantitative estimate of drug-likeness (QED) is 0.723. The molecule has 2 aromatic rings. The van der Waals surface area contributed by atoms with E-state index in [9.17, 15) is 14.9 Å². The van der Waals surface area contributed by atoms with Gasteiger partial charge in [0.05, 0.1) is 18.8 Å². The third-order valence-corrected chi connectivity index (χ3v) is 5.31. The minimum Gasteiger partial charge on any atom is -0.497 e. The Labute approximate surface area is 173 Å². The maximum absolute atomic E-state index is 12.2. The normalized spacial score (nSPS) is 16.0. The molecule has 0 spiro atoms. The molecule has 0 saturated heterocycles. The highest BCUT2D eigenvalue weighted by atomic mass is 32.2. The van der Waals surface area contributed by atoms with Gasteiger partial charge in [0.25, 0.3) is 0 Å². The average Bonchev–Trinajstić information content (AvgIpc) is 2.76. The molecule has 2 aromatic carbocycles. The molecule has 0 radical (unpaired) electrons. The minimum absolute atomic E-state index is 0.162. The van der Waals surface area contributed by atoms with Crippen molar-refractivity contribution in [3.8, 4) is 11.8 Å². The number of nitriles is 1. The first kappa shape index (κ1) is 20.5. The van der Waals surface area contributed by atoms with Crippen LogP contribution in [0.2, 0.25) is 0 Å². The zero-order chi connectivity index (χ0) is 20.6. The van der Waals surface area contributed by atoms with E-state index >= 15 is 0 Å². The number of rotatable bonds is 6. The fourth-order valence-corrected chi connectivity index (χ4v) is 3.69. The molecule has 1 heterocycles. The molecule has 0 aromatic heterocycles. The predicted octanol–water partition coefficient (Wildman–Crippen LogP) is 4.15. The number of ether oxygens (including phenoxy) is 2. The summed E-state index contributed by atoms with van der Waals surface area (Å²) in [5.74, 6) is 0.330. The molecule has 1 aliphatic rings. The van der Waals surface area contributed by atoms with Crippen LogP contribution in [0.15, 0.2) is 65.9 Å². The van der Waals surface area contributed by atoms with Gasteiger partial charge in [-0.2, -0.15) is 5.26 Å². The van der Waals surface area contributed by atoms with Gasteiger partial charge in [-0.25, -0.2) is 4.79 Å². The molecule has 1 unspecified atom stereocenters. The Bertz CT molecular complexity index is 949. The van der Waals surface area contributed by atoms with Crippen molar-refractivity contribution in [1.29, 1.82) is 5.26 Å². The van der Waals surface area contributed by atoms with E-state index in [2.05, 4.69) is 11.4 Å². The number of thioether (sulfide) groups is 1. The van der Waals surface area contributed by atoms with Crippen LogP contribution in [0.1, 0.15) is 23.5 Å². The Morgan fingerprint density at radius 3 is 2.59 bits per heavy atom. The van der Waals surface area contributed by atoms with E-state index in [1.54, 1.807) is 19.2 Å². The molecule has 1 N–H and O–H groups in total. The van der Waals surface area contributed by atoms with Crippen LogP contribution in [0.3, 0.4) is 0 Å². The van der Waals surface area contributed by atoms with Crippen LogP contribution in [-0.2, 0) is 16.1 Å². The lowest BCUT2D eigenvalue weighted by molar-refractivity contribution is -0.121. The smallest absolute Gasteiger partial charge is 0.368 e. The number of allylic oxidation sites excluding steroid dienone is 1. The Kier molecular flexibility index (Phi) is 6.93. The number of nitrogens with zero attached hydrogens (tertiary/aromatic N) is 1. The SMILES string of the molecule is COc1ccc(C2CC(=O)NC(CSC(=O)OCc3ccccc3)=C2C#N)cc1. The van der Waals surface area contributed by atoms with Gasteiger partial charge in [0, 0.05) is 23.8 Å². The summed E-state index contributed by atoms with van der Waals surface area (Å²) in [4.78, 5) is 24.3. The van der Waals surface area contributed by atoms with Crippen molar-refractivity contribution in [3.63, 3.8) is 0 Å².